The van der Waals surface area contributed by atoms with Crippen molar-refractivity contribution in [3.05, 3.63) is 35.7 Å². The first-order valence-corrected chi connectivity index (χ1v) is 9.09. The molecule has 0 N–H and O–H groups in total. The molecule has 2 aliphatic rings. The van der Waals surface area contributed by atoms with E-state index in [1.54, 1.807) is 0 Å². The van der Waals surface area contributed by atoms with Gasteiger partial charge >= 0.3 is 0 Å². The van der Waals surface area contributed by atoms with Gasteiger partial charge in [0.15, 0.2) is 5.82 Å². The molecular formula is C18H26N6. The third-order valence-corrected chi connectivity index (χ3v) is 4.99. The van der Waals surface area contributed by atoms with E-state index in [0.29, 0.717) is 6.04 Å². The van der Waals surface area contributed by atoms with Gasteiger partial charge in [-0.05, 0) is 61.2 Å². The van der Waals surface area contributed by atoms with Crippen LogP contribution in [0, 0.1) is 0 Å². The van der Waals surface area contributed by atoms with Crippen molar-refractivity contribution in [1.82, 2.24) is 25.1 Å². The molecule has 1 aliphatic heterocycles. The molecule has 0 spiro atoms. The highest BCUT2D eigenvalue weighted by atomic mass is 15.6. The van der Waals surface area contributed by atoms with E-state index in [9.17, 15) is 0 Å². The number of para-hydroxylation sites is 1. The van der Waals surface area contributed by atoms with Crippen LogP contribution in [0.3, 0.4) is 0 Å². The lowest BCUT2D eigenvalue weighted by Gasteiger charge is -2.31. The zero-order valence-electron chi connectivity index (χ0n) is 14.4. The molecule has 0 amide bonds. The summed E-state index contributed by atoms with van der Waals surface area (Å²) < 4.78 is 2.01. The van der Waals surface area contributed by atoms with E-state index in [4.69, 9.17) is 0 Å². The van der Waals surface area contributed by atoms with Crippen LogP contribution in [-0.2, 0) is 13.1 Å². The zero-order valence-corrected chi connectivity index (χ0v) is 14.4. The molecule has 24 heavy (non-hydrogen) atoms. The van der Waals surface area contributed by atoms with Crippen molar-refractivity contribution in [1.29, 1.82) is 0 Å². The van der Waals surface area contributed by atoms with Crippen molar-refractivity contribution >= 4 is 5.69 Å². The first-order chi connectivity index (χ1) is 11.8. The van der Waals surface area contributed by atoms with Crippen LogP contribution in [0.25, 0.3) is 0 Å². The number of hydrogen-bond donors (Lipinski definition) is 0. The van der Waals surface area contributed by atoms with Gasteiger partial charge in [0, 0.05) is 25.3 Å². The molecule has 6 heteroatoms. The zero-order chi connectivity index (χ0) is 16.4. The molecule has 0 atom stereocenters. The van der Waals surface area contributed by atoms with Gasteiger partial charge in [0.1, 0.15) is 0 Å². The van der Waals surface area contributed by atoms with E-state index < -0.39 is 0 Å². The van der Waals surface area contributed by atoms with Crippen LogP contribution >= 0.6 is 0 Å². The minimum Gasteiger partial charge on any atom is -0.371 e. The van der Waals surface area contributed by atoms with Crippen LogP contribution in [-0.4, -0.2) is 45.2 Å². The van der Waals surface area contributed by atoms with Gasteiger partial charge in [-0.25, -0.2) is 4.68 Å². The summed E-state index contributed by atoms with van der Waals surface area (Å²) in [6.45, 7) is 4.07. The van der Waals surface area contributed by atoms with Crippen molar-refractivity contribution in [3.63, 3.8) is 0 Å². The molecule has 6 nitrogen and oxygen atoms in total. The predicted octanol–water partition coefficient (Wildman–Crippen LogP) is 2.63. The first-order valence-electron chi connectivity index (χ1n) is 9.09. The van der Waals surface area contributed by atoms with E-state index >= 15 is 0 Å². The van der Waals surface area contributed by atoms with E-state index in [2.05, 4.69) is 56.6 Å². The molecule has 1 saturated carbocycles. The Balaban J connectivity index is 1.45. The highest BCUT2D eigenvalue weighted by molar-refractivity contribution is 5.53. The number of rotatable bonds is 6. The minimum absolute atomic E-state index is 0.532. The normalized spacial score (nSPS) is 18.3. The number of anilines is 1. The third kappa shape index (κ3) is 3.43. The molecule has 1 aromatic carbocycles. The summed E-state index contributed by atoms with van der Waals surface area (Å²) in [6, 6.07) is 9.35. The minimum atomic E-state index is 0.532. The summed E-state index contributed by atoms with van der Waals surface area (Å²) in [5.74, 6) is 0.982. The quantitative estimate of drug-likeness (QED) is 0.817. The second kappa shape index (κ2) is 6.89. The van der Waals surface area contributed by atoms with E-state index in [1.807, 2.05) is 4.68 Å². The number of nitrogens with zero attached hydrogens (tertiary/aromatic N) is 6. The third-order valence-electron chi connectivity index (χ3n) is 4.99. The van der Waals surface area contributed by atoms with E-state index in [1.165, 1.54) is 56.4 Å². The van der Waals surface area contributed by atoms with Crippen LogP contribution in [0.1, 0.15) is 49.5 Å². The van der Waals surface area contributed by atoms with Gasteiger partial charge in [-0.2, -0.15) is 0 Å². The molecule has 0 unspecified atom stereocenters. The van der Waals surface area contributed by atoms with Gasteiger partial charge in [-0.3, -0.25) is 4.90 Å². The van der Waals surface area contributed by atoms with Crippen molar-refractivity contribution < 1.29 is 0 Å². The molecule has 4 rings (SSSR count). The van der Waals surface area contributed by atoms with Gasteiger partial charge in [-0.1, -0.05) is 18.2 Å². The average Bonchev–Trinajstić information content (AvgIpc) is 3.36. The molecule has 2 aromatic rings. The maximum Gasteiger partial charge on any atom is 0.165 e. The van der Waals surface area contributed by atoms with Gasteiger partial charge in [0.05, 0.1) is 12.6 Å². The Morgan fingerprint density at radius 3 is 2.67 bits per heavy atom. The second-order valence-corrected chi connectivity index (χ2v) is 7.12. The van der Waals surface area contributed by atoms with Gasteiger partial charge < -0.3 is 4.90 Å². The average molecular weight is 326 g/mol. The van der Waals surface area contributed by atoms with Crippen LogP contribution in [0.2, 0.25) is 0 Å². The van der Waals surface area contributed by atoms with Crippen LogP contribution in [0.4, 0.5) is 5.69 Å². The number of tetrazole rings is 1. The lowest BCUT2D eigenvalue weighted by Crippen LogP contribution is -2.31. The molecular weight excluding hydrogens is 300 g/mol. The summed E-state index contributed by atoms with van der Waals surface area (Å²) in [6.07, 6.45) is 6.39. The van der Waals surface area contributed by atoms with Crippen LogP contribution < -0.4 is 4.90 Å². The fourth-order valence-corrected chi connectivity index (χ4v) is 3.60. The Kier molecular flexibility index (Phi) is 4.47. The van der Waals surface area contributed by atoms with Crippen LogP contribution in [0.5, 0.6) is 0 Å². The largest absolute Gasteiger partial charge is 0.371 e. The molecule has 2 heterocycles. The highest BCUT2D eigenvalue weighted by Gasteiger charge is 2.28. The van der Waals surface area contributed by atoms with Gasteiger partial charge in [-0.15, -0.1) is 5.10 Å². The van der Waals surface area contributed by atoms with E-state index in [-0.39, 0.29) is 0 Å². The molecule has 2 fully saturated rings. The molecule has 0 bridgehead atoms. The second-order valence-electron chi connectivity index (χ2n) is 7.12. The Labute approximate surface area is 143 Å². The SMILES string of the molecule is CN(Cc1ccccc1N1CCCCC1)Cc1nnnn1C1CC1. The predicted molar refractivity (Wildman–Crippen MR) is 93.8 cm³/mol. The summed E-state index contributed by atoms with van der Waals surface area (Å²) in [7, 11) is 2.15. The fourth-order valence-electron chi connectivity index (χ4n) is 3.60. The van der Waals surface area contributed by atoms with E-state index in [0.717, 1.165) is 18.9 Å². The van der Waals surface area contributed by atoms with Gasteiger partial charge in [0.25, 0.3) is 0 Å². The summed E-state index contributed by atoms with van der Waals surface area (Å²) >= 11 is 0. The van der Waals surface area contributed by atoms with Crippen molar-refractivity contribution in [2.24, 2.45) is 0 Å². The molecule has 1 saturated heterocycles. The summed E-state index contributed by atoms with van der Waals surface area (Å²) in [5, 5.41) is 12.2. The molecule has 128 valence electrons. The van der Waals surface area contributed by atoms with Crippen molar-refractivity contribution in [3.8, 4) is 0 Å². The number of benzene rings is 1. The Morgan fingerprint density at radius 2 is 1.88 bits per heavy atom. The first kappa shape index (κ1) is 15.6. The maximum absolute atomic E-state index is 4.22. The molecule has 1 aliphatic carbocycles. The van der Waals surface area contributed by atoms with Gasteiger partial charge in [0.2, 0.25) is 0 Å². The number of piperidine rings is 1. The smallest absolute Gasteiger partial charge is 0.165 e. The molecule has 1 aromatic heterocycles. The Hall–Kier alpha value is -1.95. The fraction of sp³-hybridized carbons (Fsp3) is 0.611. The molecule has 0 radical (unpaired) electrons. The summed E-state index contributed by atoms with van der Waals surface area (Å²) in [5.41, 5.74) is 2.79. The number of aromatic nitrogens is 4. The lowest BCUT2D eigenvalue weighted by molar-refractivity contribution is 0.302. The monoisotopic (exact) mass is 326 g/mol. The maximum atomic E-state index is 4.22. The topological polar surface area (TPSA) is 50.1 Å². The Morgan fingerprint density at radius 1 is 1.08 bits per heavy atom. The van der Waals surface area contributed by atoms with Crippen molar-refractivity contribution in [2.45, 2.75) is 51.2 Å². The van der Waals surface area contributed by atoms with Crippen molar-refractivity contribution in [2.75, 3.05) is 25.0 Å². The van der Waals surface area contributed by atoms with Crippen LogP contribution in [0.15, 0.2) is 24.3 Å². The summed E-state index contributed by atoms with van der Waals surface area (Å²) in [4.78, 5) is 4.86. The standard InChI is InChI=1S/C18H26N6/c1-22(14-18-19-20-21-24(18)16-9-10-16)13-15-7-3-4-8-17(15)23-11-5-2-6-12-23/h3-4,7-8,16H,2,5-6,9-14H2,1H3. The lowest BCUT2D eigenvalue weighted by atomic mass is 10.1. The number of hydrogen-bond acceptors (Lipinski definition) is 5. The Bertz CT molecular complexity index is 672. The highest BCUT2D eigenvalue weighted by Crippen LogP contribution is 2.34.